The first-order chi connectivity index (χ1) is 11.9. The lowest BCUT2D eigenvalue weighted by atomic mass is 9.71. The van der Waals surface area contributed by atoms with Gasteiger partial charge in [0.2, 0.25) is 0 Å². The Morgan fingerprint density at radius 3 is 1.76 bits per heavy atom. The standard InChI is InChI=1S/C23H38O2/c1-5-7-9-14-18-23(25,19-15-10-8-6-2)21(24)22(3,4)20-16-12-11-13-17-20/h11-13,16-17,25H,5-10,14-15,18-19H2,1-4H3. The van der Waals surface area contributed by atoms with E-state index in [0.29, 0.717) is 12.8 Å². The van der Waals surface area contributed by atoms with Crippen LogP contribution in [-0.2, 0) is 10.2 Å². The van der Waals surface area contributed by atoms with Crippen LogP contribution in [0.2, 0.25) is 0 Å². The predicted molar refractivity (Wildman–Crippen MR) is 107 cm³/mol. The second kappa shape index (κ2) is 10.8. The first kappa shape index (κ1) is 21.9. The van der Waals surface area contributed by atoms with Crippen molar-refractivity contribution in [2.24, 2.45) is 0 Å². The smallest absolute Gasteiger partial charge is 0.174 e. The number of rotatable bonds is 13. The zero-order valence-corrected chi connectivity index (χ0v) is 16.8. The average molecular weight is 347 g/mol. The second-order valence-corrected chi connectivity index (χ2v) is 7.97. The maximum atomic E-state index is 13.4. The molecule has 2 heteroatoms. The van der Waals surface area contributed by atoms with Crippen molar-refractivity contribution in [3.8, 4) is 0 Å². The van der Waals surface area contributed by atoms with Crippen molar-refractivity contribution in [2.75, 3.05) is 0 Å². The highest BCUT2D eigenvalue weighted by Gasteiger charge is 2.44. The summed E-state index contributed by atoms with van der Waals surface area (Å²) in [5.41, 5.74) is -0.868. The Morgan fingerprint density at radius 1 is 0.840 bits per heavy atom. The minimum absolute atomic E-state index is 0.0146. The van der Waals surface area contributed by atoms with E-state index in [9.17, 15) is 9.90 Å². The van der Waals surface area contributed by atoms with Crippen LogP contribution in [0.25, 0.3) is 0 Å². The zero-order chi connectivity index (χ0) is 18.8. The normalized spacial score (nSPS) is 12.4. The zero-order valence-electron chi connectivity index (χ0n) is 16.8. The van der Waals surface area contributed by atoms with Gasteiger partial charge in [0.05, 0.1) is 5.41 Å². The van der Waals surface area contributed by atoms with Gasteiger partial charge in [0.25, 0.3) is 0 Å². The molecule has 0 heterocycles. The molecule has 0 fully saturated rings. The van der Waals surface area contributed by atoms with E-state index in [1.165, 1.54) is 25.7 Å². The van der Waals surface area contributed by atoms with Crippen molar-refractivity contribution in [3.05, 3.63) is 35.9 Å². The minimum Gasteiger partial charge on any atom is -0.382 e. The van der Waals surface area contributed by atoms with Gasteiger partial charge in [-0.1, -0.05) is 95.5 Å². The van der Waals surface area contributed by atoms with Crippen LogP contribution in [0, 0.1) is 0 Å². The molecule has 1 rings (SSSR count). The maximum Gasteiger partial charge on any atom is 0.174 e. The van der Waals surface area contributed by atoms with Gasteiger partial charge in [-0.05, 0) is 32.3 Å². The number of hydrogen-bond acceptors (Lipinski definition) is 2. The van der Waals surface area contributed by atoms with Gasteiger partial charge in [-0.15, -0.1) is 0 Å². The van der Waals surface area contributed by atoms with Crippen molar-refractivity contribution in [1.29, 1.82) is 0 Å². The Morgan fingerprint density at radius 2 is 1.32 bits per heavy atom. The molecule has 0 aromatic heterocycles. The largest absolute Gasteiger partial charge is 0.382 e. The molecule has 0 saturated carbocycles. The molecule has 0 amide bonds. The summed E-state index contributed by atoms with van der Waals surface area (Å²) >= 11 is 0. The monoisotopic (exact) mass is 346 g/mol. The highest BCUT2D eigenvalue weighted by atomic mass is 16.3. The highest BCUT2D eigenvalue weighted by Crippen LogP contribution is 2.34. The van der Waals surface area contributed by atoms with Gasteiger partial charge in [0, 0.05) is 0 Å². The van der Waals surface area contributed by atoms with E-state index < -0.39 is 11.0 Å². The summed E-state index contributed by atoms with van der Waals surface area (Å²) in [6, 6.07) is 9.88. The van der Waals surface area contributed by atoms with Gasteiger partial charge >= 0.3 is 0 Å². The molecule has 0 aliphatic heterocycles. The van der Waals surface area contributed by atoms with E-state index in [1.54, 1.807) is 0 Å². The fourth-order valence-corrected chi connectivity index (χ4v) is 3.61. The lowest BCUT2D eigenvalue weighted by Gasteiger charge is -2.35. The summed E-state index contributed by atoms with van der Waals surface area (Å²) in [7, 11) is 0. The van der Waals surface area contributed by atoms with E-state index in [1.807, 2.05) is 44.2 Å². The number of unbranched alkanes of at least 4 members (excludes halogenated alkanes) is 6. The SMILES string of the molecule is CCCCCCC(O)(CCCCCC)C(=O)C(C)(C)c1ccccc1. The van der Waals surface area contributed by atoms with E-state index >= 15 is 0 Å². The number of ketones is 1. The number of carbonyl (C=O) groups is 1. The summed E-state index contributed by atoms with van der Waals surface area (Å²) in [4.78, 5) is 13.4. The van der Waals surface area contributed by atoms with E-state index in [0.717, 1.165) is 31.2 Å². The van der Waals surface area contributed by atoms with Gasteiger partial charge in [-0.2, -0.15) is 0 Å². The Labute approximate surface area is 155 Å². The molecule has 1 N–H and O–H groups in total. The molecular weight excluding hydrogens is 308 g/mol. The molecule has 142 valence electrons. The Kier molecular flexibility index (Phi) is 9.42. The molecule has 25 heavy (non-hydrogen) atoms. The summed E-state index contributed by atoms with van der Waals surface area (Å²) < 4.78 is 0. The molecular formula is C23H38O2. The summed E-state index contributed by atoms with van der Waals surface area (Å²) in [5, 5.41) is 11.3. The summed E-state index contributed by atoms with van der Waals surface area (Å²) in [6.07, 6.45) is 9.88. The topological polar surface area (TPSA) is 37.3 Å². The van der Waals surface area contributed by atoms with Crippen LogP contribution in [0.1, 0.15) is 97.5 Å². The first-order valence-corrected chi connectivity index (χ1v) is 10.2. The number of Topliss-reactive ketones (excluding diaryl/α,β-unsaturated/α-hetero) is 1. The number of hydrogen-bond donors (Lipinski definition) is 1. The predicted octanol–water partition coefficient (Wildman–Crippen LogP) is 6.21. The van der Waals surface area contributed by atoms with Crippen LogP contribution < -0.4 is 0 Å². The van der Waals surface area contributed by atoms with Crippen LogP contribution in [0.3, 0.4) is 0 Å². The van der Waals surface area contributed by atoms with Crippen molar-refractivity contribution >= 4 is 5.78 Å². The van der Waals surface area contributed by atoms with Gasteiger partial charge in [0.1, 0.15) is 5.60 Å². The number of carbonyl (C=O) groups excluding carboxylic acids is 1. The van der Waals surface area contributed by atoms with Crippen molar-refractivity contribution in [2.45, 2.75) is 103 Å². The van der Waals surface area contributed by atoms with Crippen molar-refractivity contribution in [1.82, 2.24) is 0 Å². The maximum absolute atomic E-state index is 13.4. The highest BCUT2D eigenvalue weighted by molar-refractivity contribution is 5.96. The Bertz CT molecular complexity index is 478. The van der Waals surface area contributed by atoms with Crippen molar-refractivity contribution in [3.63, 3.8) is 0 Å². The minimum atomic E-state index is -1.19. The van der Waals surface area contributed by atoms with Crippen molar-refractivity contribution < 1.29 is 9.90 Å². The Hall–Kier alpha value is -1.15. The van der Waals surface area contributed by atoms with Crippen LogP contribution in [0.15, 0.2) is 30.3 Å². The molecule has 0 saturated heterocycles. The van der Waals surface area contributed by atoms with Crippen LogP contribution in [0.5, 0.6) is 0 Å². The fourth-order valence-electron chi connectivity index (χ4n) is 3.61. The first-order valence-electron chi connectivity index (χ1n) is 10.2. The molecule has 0 aliphatic carbocycles. The quantitative estimate of drug-likeness (QED) is 0.431. The number of benzene rings is 1. The lowest BCUT2D eigenvalue weighted by Crippen LogP contribution is -2.48. The van der Waals surface area contributed by atoms with Gasteiger partial charge in [-0.3, -0.25) is 4.79 Å². The molecule has 0 unspecified atom stereocenters. The number of aliphatic hydroxyl groups is 1. The molecule has 1 aromatic rings. The Balaban J connectivity index is 2.89. The molecule has 0 spiro atoms. The summed E-state index contributed by atoms with van der Waals surface area (Å²) in [5.74, 6) is -0.0146. The fraction of sp³-hybridized carbons (Fsp3) is 0.696. The third-order valence-corrected chi connectivity index (χ3v) is 5.37. The second-order valence-electron chi connectivity index (χ2n) is 7.97. The van der Waals surface area contributed by atoms with Crippen LogP contribution in [0.4, 0.5) is 0 Å². The molecule has 0 atom stereocenters. The van der Waals surface area contributed by atoms with Gasteiger partial charge < -0.3 is 5.11 Å². The summed E-state index contributed by atoms with van der Waals surface area (Å²) in [6.45, 7) is 8.27. The molecule has 0 aliphatic rings. The molecule has 2 nitrogen and oxygen atoms in total. The third-order valence-electron chi connectivity index (χ3n) is 5.37. The lowest BCUT2D eigenvalue weighted by molar-refractivity contribution is -0.144. The van der Waals surface area contributed by atoms with Crippen LogP contribution in [-0.4, -0.2) is 16.5 Å². The van der Waals surface area contributed by atoms with E-state index in [-0.39, 0.29) is 5.78 Å². The van der Waals surface area contributed by atoms with E-state index in [4.69, 9.17) is 0 Å². The average Bonchev–Trinajstić information content (AvgIpc) is 2.62. The molecule has 0 bridgehead atoms. The van der Waals surface area contributed by atoms with E-state index in [2.05, 4.69) is 13.8 Å². The van der Waals surface area contributed by atoms with Gasteiger partial charge in [-0.25, -0.2) is 0 Å². The third kappa shape index (κ3) is 6.58. The van der Waals surface area contributed by atoms with Crippen LogP contribution >= 0.6 is 0 Å². The molecule has 0 radical (unpaired) electrons. The molecule has 1 aromatic carbocycles. The van der Waals surface area contributed by atoms with Gasteiger partial charge in [0.15, 0.2) is 5.78 Å².